The Balaban J connectivity index is 1.91. The maximum absolute atomic E-state index is 8.64. The molecule has 0 aromatic carbocycles. The first-order chi connectivity index (χ1) is 6.88. The number of aromatic nitrogens is 1. The molecule has 0 bridgehead atoms. The van der Waals surface area contributed by atoms with Gasteiger partial charge in [-0.3, -0.25) is 0 Å². The maximum Gasteiger partial charge on any atom is 0.214 e. The Morgan fingerprint density at radius 1 is 1.71 bits per heavy atom. The quantitative estimate of drug-likeness (QED) is 0.716. The summed E-state index contributed by atoms with van der Waals surface area (Å²) >= 11 is 0. The predicted octanol–water partition coefficient (Wildman–Crippen LogP) is 1.12. The van der Waals surface area contributed by atoms with Crippen LogP contribution in [0.5, 0.6) is 5.88 Å². The molecule has 1 fully saturated rings. The molecule has 1 saturated heterocycles. The zero-order valence-corrected chi connectivity index (χ0v) is 7.64. The van der Waals surface area contributed by atoms with Crippen LogP contribution in [-0.4, -0.2) is 24.3 Å². The lowest BCUT2D eigenvalue weighted by Crippen LogP contribution is -2.32. The van der Waals surface area contributed by atoms with E-state index < -0.39 is 0 Å². The Morgan fingerprint density at radius 3 is 3.21 bits per heavy atom. The normalized spacial score (nSPS) is 19.5. The van der Waals surface area contributed by atoms with E-state index in [1.54, 1.807) is 18.3 Å². The lowest BCUT2D eigenvalue weighted by molar-refractivity contribution is -0.0727. The first-order valence-electron chi connectivity index (χ1n) is 4.49. The molecule has 1 aliphatic rings. The summed E-state index contributed by atoms with van der Waals surface area (Å²) in [5, 5.41) is 8.64. The average molecular weight is 190 g/mol. The van der Waals surface area contributed by atoms with Crippen LogP contribution in [0.3, 0.4) is 0 Å². The highest BCUT2D eigenvalue weighted by molar-refractivity contribution is 5.31. The van der Waals surface area contributed by atoms with Crippen molar-refractivity contribution in [3.05, 3.63) is 23.9 Å². The lowest BCUT2D eigenvalue weighted by atomic mass is 10.2. The highest BCUT2D eigenvalue weighted by atomic mass is 16.5. The molecule has 1 unspecified atom stereocenters. The second-order valence-corrected chi connectivity index (χ2v) is 3.09. The summed E-state index contributed by atoms with van der Waals surface area (Å²) in [4.78, 5) is 3.99. The van der Waals surface area contributed by atoms with Gasteiger partial charge in [-0.2, -0.15) is 5.26 Å². The van der Waals surface area contributed by atoms with Crippen molar-refractivity contribution in [1.82, 2.24) is 4.98 Å². The number of nitriles is 1. The van der Waals surface area contributed by atoms with E-state index in [0.29, 0.717) is 18.1 Å². The highest BCUT2D eigenvalue weighted by Gasteiger charge is 2.18. The summed E-state index contributed by atoms with van der Waals surface area (Å²) in [6.45, 7) is 1.33. The molecule has 4 heteroatoms. The smallest absolute Gasteiger partial charge is 0.214 e. The summed E-state index contributed by atoms with van der Waals surface area (Å²) in [7, 11) is 0. The van der Waals surface area contributed by atoms with Crippen molar-refractivity contribution in [3.63, 3.8) is 0 Å². The molecule has 14 heavy (non-hydrogen) atoms. The Kier molecular flexibility index (Phi) is 2.61. The van der Waals surface area contributed by atoms with Gasteiger partial charge in [-0.25, -0.2) is 4.98 Å². The molecule has 0 aliphatic carbocycles. The molecule has 0 amide bonds. The number of hydrogen-bond donors (Lipinski definition) is 0. The third-order valence-corrected chi connectivity index (χ3v) is 2.07. The van der Waals surface area contributed by atoms with Crippen LogP contribution >= 0.6 is 0 Å². The number of ether oxygens (including phenoxy) is 2. The van der Waals surface area contributed by atoms with Gasteiger partial charge >= 0.3 is 0 Å². The van der Waals surface area contributed by atoms with Gasteiger partial charge < -0.3 is 9.47 Å². The Hall–Kier alpha value is -1.60. The molecule has 1 aromatic heterocycles. The van der Waals surface area contributed by atoms with Crippen molar-refractivity contribution in [2.75, 3.05) is 13.2 Å². The summed E-state index contributed by atoms with van der Waals surface area (Å²) in [5.41, 5.74) is 0.560. The van der Waals surface area contributed by atoms with Crippen LogP contribution < -0.4 is 4.74 Å². The van der Waals surface area contributed by atoms with Gasteiger partial charge in [-0.05, 0) is 6.07 Å². The Labute approximate surface area is 82.1 Å². The van der Waals surface area contributed by atoms with Gasteiger partial charge in [0.2, 0.25) is 5.88 Å². The van der Waals surface area contributed by atoms with Gasteiger partial charge in [0.25, 0.3) is 0 Å². The van der Waals surface area contributed by atoms with E-state index in [1.165, 1.54) is 0 Å². The minimum atomic E-state index is 0.197. The second kappa shape index (κ2) is 4.07. The third-order valence-electron chi connectivity index (χ3n) is 2.07. The molecule has 4 nitrogen and oxygen atoms in total. The van der Waals surface area contributed by atoms with E-state index >= 15 is 0 Å². The van der Waals surface area contributed by atoms with Crippen molar-refractivity contribution in [3.8, 4) is 11.9 Å². The van der Waals surface area contributed by atoms with Crippen LogP contribution in [0.15, 0.2) is 18.3 Å². The fourth-order valence-corrected chi connectivity index (χ4v) is 1.15. The van der Waals surface area contributed by atoms with Crippen LogP contribution in [0, 0.1) is 11.3 Å². The zero-order valence-electron chi connectivity index (χ0n) is 7.64. The minimum Gasteiger partial charge on any atom is -0.475 e. The van der Waals surface area contributed by atoms with Gasteiger partial charge in [0.15, 0.2) is 0 Å². The van der Waals surface area contributed by atoms with E-state index in [2.05, 4.69) is 4.98 Å². The maximum atomic E-state index is 8.64. The van der Waals surface area contributed by atoms with Crippen molar-refractivity contribution in [2.24, 2.45) is 0 Å². The first kappa shape index (κ1) is 8.97. The summed E-state index contributed by atoms with van der Waals surface area (Å²) in [5.74, 6) is 0.486. The van der Waals surface area contributed by atoms with Gasteiger partial charge in [-0.1, -0.05) is 0 Å². The van der Waals surface area contributed by atoms with E-state index in [-0.39, 0.29) is 6.10 Å². The van der Waals surface area contributed by atoms with Crippen molar-refractivity contribution < 1.29 is 9.47 Å². The van der Waals surface area contributed by atoms with E-state index in [1.807, 2.05) is 6.07 Å². The molecule has 1 aliphatic heterocycles. The average Bonchev–Trinajstić information content (AvgIpc) is 2.16. The number of rotatable bonds is 3. The molecule has 72 valence electrons. The molecular weight excluding hydrogens is 180 g/mol. The van der Waals surface area contributed by atoms with Crippen LogP contribution in [0.4, 0.5) is 0 Å². The fraction of sp³-hybridized carbons (Fsp3) is 0.400. The van der Waals surface area contributed by atoms with Crippen molar-refractivity contribution in [1.29, 1.82) is 5.26 Å². The SMILES string of the molecule is N#Cc1ccnc(OCC2CCO2)c1. The summed E-state index contributed by atoms with van der Waals surface area (Å²) in [6.07, 6.45) is 2.80. The fourth-order valence-electron chi connectivity index (χ4n) is 1.15. The van der Waals surface area contributed by atoms with Gasteiger partial charge in [0.05, 0.1) is 17.7 Å². The number of nitrogens with zero attached hydrogens (tertiary/aromatic N) is 2. The van der Waals surface area contributed by atoms with Crippen molar-refractivity contribution in [2.45, 2.75) is 12.5 Å². The van der Waals surface area contributed by atoms with E-state index in [4.69, 9.17) is 14.7 Å². The van der Waals surface area contributed by atoms with Crippen LogP contribution in [-0.2, 0) is 4.74 Å². The highest BCUT2D eigenvalue weighted by Crippen LogP contribution is 2.14. The van der Waals surface area contributed by atoms with E-state index in [9.17, 15) is 0 Å². The lowest BCUT2D eigenvalue weighted by Gasteiger charge is -2.25. The Bertz CT molecular complexity index is 355. The third kappa shape index (κ3) is 2.01. The molecule has 2 heterocycles. The van der Waals surface area contributed by atoms with Gasteiger partial charge in [-0.15, -0.1) is 0 Å². The molecule has 0 N–H and O–H groups in total. The van der Waals surface area contributed by atoms with Crippen LogP contribution in [0.1, 0.15) is 12.0 Å². The first-order valence-corrected chi connectivity index (χ1v) is 4.49. The summed E-state index contributed by atoms with van der Waals surface area (Å²) < 4.78 is 10.6. The minimum absolute atomic E-state index is 0.197. The topological polar surface area (TPSA) is 55.1 Å². The van der Waals surface area contributed by atoms with Crippen LogP contribution in [0.25, 0.3) is 0 Å². The van der Waals surface area contributed by atoms with Gasteiger partial charge in [0, 0.05) is 25.3 Å². The molecule has 0 radical (unpaired) electrons. The molecule has 0 spiro atoms. The molecule has 1 aromatic rings. The predicted molar refractivity (Wildman–Crippen MR) is 48.8 cm³/mol. The van der Waals surface area contributed by atoms with E-state index in [0.717, 1.165) is 13.0 Å². The summed E-state index contributed by atoms with van der Waals surface area (Å²) in [6, 6.07) is 5.30. The number of hydrogen-bond acceptors (Lipinski definition) is 4. The standard InChI is InChI=1S/C10H10N2O2/c11-6-8-1-3-12-10(5-8)14-7-9-2-4-13-9/h1,3,5,9H,2,4,7H2. The monoisotopic (exact) mass is 190 g/mol. The second-order valence-electron chi connectivity index (χ2n) is 3.09. The molecular formula is C10H10N2O2. The van der Waals surface area contributed by atoms with Gasteiger partial charge in [0.1, 0.15) is 6.61 Å². The molecule has 0 saturated carbocycles. The number of pyridine rings is 1. The molecule has 2 rings (SSSR count). The zero-order chi connectivity index (χ0) is 9.80. The Morgan fingerprint density at radius 2 is 2.57 bits per heavy atom. The molecule has 1 atom stereocenters. The van der Waals surface area contributed by atoms with Crippen LogP contribution in [0.2, 0.25) is 0 Å². The largest absolute Gasteiger partial charge is 0.475 e. The van der Waals surface area contributed by atoms with Crippen molar-refractivity contribution >= 4 is 0 Å².